The molecule has 2 amide bonds. The summed E-state index contributed by atoms with van der Waals surface area (Å²) in [5.41, 5.74) is 8.50. The molecule has 0 aliphatic heterocycles. The van der Waals surface area contributed by atoms with Crippen molar-refractivity contribution in [2.45, 2.75) is 12.5 Å². The van der Waals surface area contributed by atoms with Crippen LogP contribution in [0.2, 0.25) is 0 Å². The number of rotatable bonds is 4. The van der Waals surface area contributed by atoms with Crippen LogP contribution in [-0.4, -0.2) is 55.4 Å². The summed E-state index contributed by atoms with van der Waals surface area (Å²) in [4.78, 5) is 19.0. The van der Waals surface area contributed by atoms with Gasteiger partial charge in [-0.2, -0.15) is 0 Å². The summed E-state index contributed by atoms with van der Waals surface area (Å²) in [5, 5.41) is 19.1. The number of nitrogens with two attached hydrogens (primary N) is 2. The fourth-order valence-corrected chi connectivity index (χ4v) is 0.889. The van der Waals surface area contributed by atoms with Gasteiger partial charge in [0, 0.05) is 12.4 Å². The van der Waals surface area contributed by atoms with E-state index >= 15 is 0 Å². The van der Waals surface area contributed by atoms with Crippen LogP contribution < -0.4 is 16.6 Å². The number of aliphatic hydroxyl groups is 1. The Balaban J connectivity index is 0. The van der Waals surface area contributed by atoms with Gasteiger partial charge in [-0.1, -0.05) is 0 Å². The summed E-state index contributed by atoms with van der Waals surface area (Å²) in [7, 11) is 5.66. The van der Waals surface area contributed by atoms with Crippen LogP contribution >= 0.6 is 0 Å². The van der Waals surface area contributed by atoms with Gasteiger partial charge in [-0.25, -0.2) is 4.79 Å². The minimum Gasteiger partial charge on any atom is -0.550 e. The predicted octanol–water partition coefficient (Wildman–Crippen LogP) is -2.78. The second kappa shape index (κ2) is 7.02. The molecular weight excluding hydrogens is 202 g/mol. The molecule has 0 spiro atoms. The maximum atomic E-state index is 10.0. The molecule has 90 valence electrons. The number of carboxylic acid groups (broad SMARTS) is 1. The number of likely N-dealkylation sites (N-methyl/N-ethyl adjacent to an activating group) is 1. The lowest BCUT2D eigenvalue weighted by molar-refractivity contribution is -0.873. The molecule has 0 aromatic heterocycles. The molecule has 0 bridgehead atoms. The Hall–Kier alpha value is -1.34. The number of amides is 2. The molecule has 0 radical (unpaired) electrons. The maximum Gasteiger partial charge on any atom is 0.309 e. The Bertz CT molecular complexity index is 208. The number of carbonyl (C=O) groups excluding carboxylic acids is 2. The number of carbonyl (C=O) groups is 2. The summed E-state index contributed by atoms with van der Waals surface area (Å²) in [6.07, 6.45) is -1.09. The van der Waals surface area contributed by atoms with Crippen molar-refractivity contribution in [2.75, 3.05) is 27.7 Å². The smallest absolute Gasteiger partial charge is 0.309 e. The molecular formula is C8H19N3O4. The van der Waals surface area contributed by atoms with E-state index in [0.29, 0.717) is 11.0 Å². The summed E-state index contributed by atoms with van der Waals surface area (Å²) in [6.45, 7) is 0.425. The molecule has 0 rings (SSSR count). The molecule has 15 heavy (non-hydrogen) atoms. The van der Waals surface area contributed by atoms with Gasteiger partial charge < -0.3 is 31.0 Å². The molecule has 0 aliphatic carbocycles. The first-order chi connectivity index (χ1) is 6.54. The van der Waals surface area contributed by atoms with Crippen LogP contribution in [0.3, 0.4) is 0 Å². The lowest BCUT2D eigenvalue weighted by atomic mass is 10.2. The molecule has 1 unspecified atom stereocenters. The number of hydrogen-bond donors (Lipinski definition) is 3. The number of hydrogen-bond acceptors (Lipinski definition) is 4. The SMILES string of the molecule is C[N+](C)(C)CC(O)CC(=O)[O-].NC(N)=O. The van der Waals surface area contributed by atoms with E-state index < -0.39 is 18.1 Å². The Morgan fingerprint density at radius 1 is 1.33 bits per heavy atom. The Kier molecular flexibility index (Phi) is 7.53. The highest BCUT2D eigenvalue weighted by Crippen LogP contribution is 1.97. The third-order valence-electron chi connectivity index (χ3n) is 1.16. The highest BCUT2D eigenvalue weighted by atomic mass is 16.4. The first-order valence-corrected chi connectivity index (χ1v) is 4.28. The molecule has 0 saturated carbocycles. The summed E-state index contributed by atoms with van der Waals surface area (Å²) in [5.74, 6) is -1.20. The maximum absolute atomic E-state index is 10.0. The molecule has 0 fully saturated rings. The lowest BCUT2D eigenvalue weighted by Gasteiger charge is -2.26. The number of primary amides is 2. The molecule has 5 N–H and O–H groups in total. The van der Waals surface area contributed by atoms with Crippen molar-refractivity contribution in [3.8, 4) is 0 Å². The Morgan fingerprint density at radius 2 is 1.67 bits per heavy atom. The van der Waals surface area contributed by atoms with Gasteiger partial charge in [-0.15, -0.1) is 0 Å². The van der Waals surface area contributed by atoms with Crippen molar-refractivity contribution in [1.29, 1.82) is 0 Å². The van der Waals surface area contributed by atoms with Crippen molar-refractivity contribution < 1.29 is 24.3 Å². The van der Waals surface area contributed by atoms with Gasteiger partial charge in [0.15, 0.2) is 0 Å². The van der Waals surface area contributed by atoms with Crippen molar-refractivity contribution in [3.05, 3.63) is 0 Å². The highest BCUT2D eigenvalue weighted by Gasteiger charge is 2.14. The van der Waals surface area contributed by atoms with Crippen LogP contribution in [0.25, 0.3) is 0 Å². The average molecular weight is 221 g/mol. The van der Waals surface area contributed by atoms with Gasteiger partial charge >= 0.3 is 6.03 Å². The minimum atomic E-state index is -1.20. The second-order valence-electron chi connectivity index (χ2n) is 4.11. The average Bonchev–Trinajstić information content (AvgIpc) is 1.76. The van der Waals surface area contributed by atoms with Crippen LogP contribution in [0.1, 0.15) is 6.42 Å². The van der Waals surface area contributed by atoms with Crippen LogP contribution in [0.15, 0.2) is 0 Å². The molecule has 0 aliphatic rings. The molecule has 7 nitrogen and oxygen atoms in total. The number of aliphatic carboxylic acids is 1. The standard InChI is InChI=1S/C7H15NO3.CH4N2O/c1-8(2,3)5-6(9)4-7(10)11;2-1(3)4/h6,9H,4-5H2,1-3H3;(H4,2,3,4). The van der Waals surface area contributed by atoms with Crippen molar-refractivity contribution in [1.82, 2.24) is 0 Å². The summed E-state index contributed by atoms with van der Waals surface area (Å²) in [6, 6.07) is -0.833. The second-order valence-corrected chi connectivity index (χ2v) is 4.11. The zero-order valence-corrected chi connectivity index (χ0v) is 9.27. The number of urea groups is 1. The quantitative estimate of drug-likeness (QED) is 0.443. The van der Waals surface area contributed by atoms with Crippen LogP contribution in [0, 0.1) is 0 Å². The molecule has 0 aromatic rings. The van der Waals surface area contributed by atoms with E-state index in [2.05, 4.69) is 11.5 Å². The van der Waals surface area contributed by atoms with Gasteiger partial charge in [0.2, 0.25) is 0 Å². The fourth-order valence-electron chi connectivity index (χ4n) is 0.889. The minimum absolute atomic E-state index is 0.282. The fraction of sp³-hybridized carbons (Fsp3) is 0.750. The van der Waals surface area contributed by atoms with E-state index in [0.717, 1.165) is 0 Å². The van der Waals surface area contributed by atoms with Crippen molar-refractivity contribution >= 4 is 12.0 Å². The monoisotopic (exact) mass is 221 g/mol. The summed E-state index contributed by atoms with van der Waals surface area (Å²) < 4.78 is 0.550. The molecule has 0 heterocycles. The number of quaternary nitrogens is 1. The van der Waals surface area contributed by atoms with Crippen LogP contribution in [-0.2, 0) is 4.79 Å². The van der Waals surface area contributed by atoms with Crippen LogP contribution in [0.4, 0.5) is 4.79 Å². The van der Waals surface area contributed by atoms with E-state index in [9.17, 15) is 9.90 Å². The van der Waals surface area contributed by atoms with E-state index in [1.807, 2.05) is 21.1 Å². The first kappa shape index (κ1) is 16.1. The molecule has 1 atom stereocenters. The van der Waals surface area contributed by atoms with E-state index in [4.69, 9.17) is 9.90 Å². The highest BCUT2D eigenvalue weighted by molar-refractivity contribution is 5.69. The summed E-state index contributed by atoms with van der Waals surface area (Å²) >= 11 is 0. The molecule has 7 heteroatoms. The van der Waals surface area contributed by atoms with E-state index in [1.54, 1.807) is 0 Å². The predicted molar refractivity (Wildman–Crippen MR) is 52.3 cm³/mol. The third kappa shape index (κ3) is 24.5. The van der Waals surface area contributed by atoms with E-state index in [-0.39, 0.29) is 6.42 Å². The first-order valence-electron chi connectivity index (χ1n) is 4.28. The van der Waals surface area contributed by atoms with Gasteiger partial charge in [-0.3, -0.25) is 0 Å². The number of nitrogens with zero attached hydrogens (tertiary/aromatic N) is 1. The zero-order valence-electron chi connectivity index (χ0n) is 9.27. The van der Waals surface area contributed by atoms with E-state index in [1.165, 1.54) is 0 Å². The Labute approximate surface area is 88.9 Å². The number of aliphatic hydroxyl groups excluding tert-OH is 1. The third-order valence-corrected chi connectivity index (χ3v) is 1.16. The molecule has 0 saturated heterocycles. The van der Waals surface area contributed by atoms with Gasteiger partial charge in [0.25, 0.3) is 0 Å². The van der Waals surface area contributed by atoms with Crippen molar-refractivity contribution in [3.63, 3.8) is 0 Å². The normalized spacial score (nSPS) is 12.3. The molecule has 0 aromatic carbocycles. The number of carboxylic acids is 1. The topological polar surface area (TPSA) is 129 Å². The van der Waals surface area contributed by atoms with Crippen molar-refractivity contribution in [2.24, 2.45) is 11.5 Å². The Morgan fingerprint density at radius 3 is 1.87 bits per heavy atom. The van der Waals surface area contributed by atoms with Gasteiger partial charge in [0.1, 0.15) is 12.6 Å². The largest absolute Gasteiger partial charge is 0.550 e. The van der Waals surface area contributed by atoms with Gasteiger partial charge in [0.05, 0.1) is 21.1 Å². The zero-order chi connectivity index (χ0) is 12.6. The van der Waals surface area contributed by atoms with Crippen LogP contribution in [0.5, 0.6) is 0 Å². The lowest BCUT2D eigenvalue weighted by Crippen LogP contribution is -2.43. The van der Waals surface area contributed by atoms with Gasteiger partial charge in [-0.05, 0) is 0 Å².